The number of aliphatic carboxylic acids is 2. The fourth-order valence-corrected chi connectivity index (χ4v) is 4.04. The number of aliphatic hydroxyl groups excluding tert-OH is 1. The van der Waals surface area contributed by atoms with E-state index in [1.165, 1.54) is 16.7 Å². The van der Waals surface area contributed by atoms with Gasteiger partial charge < -0.3 is 36.2 Å². The number of aliphatic hydroxyl groups is 1. The summed E-state index contributed by atoms with van der Waals surface area (Å²) in [7, 11) is 0. The van der Waals surface area contributed by atoms with Crippen LogP contribution in [0.15, 0.2) is 0 Å². The zero-order valence-corrected chi connectivity index (χ0v) is 17.4. The smallest absolute Gasteiger partial charge is 0.328 e. The molecule has 12 heteroatoms. The zero-order valence-electron chi connectivity index (χ0n) is 17.4. The Morgan fingerprint density at radius 3 is 2.16 bits per heavy atom. The fourth-order valence-electron chi connectivity index (χ4n) is 4.04. The van der Waals surface area contributed by atoms with Gasteiger partial charge in [0.25, 0.3) is 0 Å². The van der Waals surface area contributed by atoms with Crippen LogP contribution in [0.4, 0.5) is 0 Å². The molecule has 0 aliphatic carbocycles. The first-order chi connectivity index (χ1) is 14.5. The summed E-state index contributed by atoms with van der Waals surface area (Å²) in [6.07, 6.45) is 0.214. The second kappa shape index (κ2) is 10.5. The standard InChI is InChI=1S/C19H30N4O8/c1-10(24)15(19(30)31)21-16(27)12-4-2-8-22(12)18(29)13-5-3-9-23(13)17(28)11(20)6-7-14(25)26/h10-13,15,24H,2-9,20H2,1H3,(H,21,27)(H,25,26)(H,30,31)/t10-,11+,12+,13+,15+/m1/s1. The third-order valence-electron chi connectivity index (χ3n) is 5.69. The van der Waals surface area contributed by atoms with E-state index in [1.54, 1.807) is 0 Å². The van der Waals surface area contributed by atoms with Crippen LogP contribution < -0.4 is 11.1 Å². The lowest BCUT2D eigenvalue weighted by molar-refractivity contribution is -0.149. The Kier molecular flexibility index (Phi) is 8.34. The number of likely N-dealkylation sites (tertiary alicyclic amines) is 2. The number of hydrogen-bond donors (Lipinski definition) is 5. The molecule has 3 amide bonds. The van der Waals surface area contributed by atoms with E-state index in [0.29, 0.717) is 32.2 Å². The molecule has 0 spiro atoms. The highest BCUT2D eigenvalue weighted by Gasteiger charge is 2.43. The molecule has 0 aromatic heterocycles. The molecule has 174 valence electrons. The van der Waals surface area contributed by atoms with Gasteiger partial charge in [-0.1, -0.05) is 0 Å². The number of nitrogens with two attached hydrogens (primary N) is 1. The molecule has 2 aliphatic heterocycles. The number of carboxylic acids is 2. The number of carbonyl (C=O) groups is 5. The summed E-state index contributed by atoms with van der Waals surface area (Å²) in [5.41, 5.74) is 5.83. The molecule has 0 saturated carbocycles. The molecule has 0 bridgehead atoms. The van der Waals surface area contributed by atoms with Gasteiger partial charge in [0.1, 0.15) is 12.1 Å². The summed E-state index contributed by atoms with van der Waals surface area (Å²) in [6, 6.07) is -4.23. The van der Waals surface area contributed by atoms with Gasteiger partial charge in [-0.2, -0.15) is 0 Å². The Morgan fingerprint density at radius 1 is 1.03 bits per heavy atom. The maximum atomic E-state index is 13.2. The number of rotatable bonds is 9. The third kappa shape index (κ3) is 5.91. The summed E-state index contributed by atoms with van der Waals surface area (Å²) >= 11 is 0. The second-order valence-corrected chi connectivity index (χ2v) is 7.98. The molecule has 0 aromatic carbocycles. The van der Waals surface area contributed by atoms with Crippen molar-refractivity contribution >= 4 is 29.7 Å². The van der Waals surface area contributed by atoms with Crippen molar-refractivity contribution in [2.45, 2.75) is 75.7 Å². The number of carboxylic acid groups (broad SMARTS) is 2. The first-order valence-corrected chi connectivity index (χ1v) is 10.3. The Hall–Kier alpha value is -2.73. The van der Waals surface area contributed by atoms with Crippen LogP contribution in [0.5, 0.6) is 0 Å². The van der Waals surface area contributed by atoms with Gasteiger partial charge >= 0.3 is 11.9 Å². The Bertz CT molecular complexity index is 728. The van der Waals surface area contributed by atoms with Gasteiger partial charge in [-0.3, -0.25) is 19.2 Å². The average molecular weight is 442 g/mol. The van der Waals surface area contributed by atoms with Crippen molar-refractivity contribution in [3.8, 4) is 0 Å². The van der Waals surface area contributed by atoms with Crippen LogP contribution in [-0.2, 0) is 24.0 Å². The van der Waals surface area contributed by atoms with E-state index < -0.39 is 59.9 Å². The van der Waals surface area contributed by atoms with Gasteiger partial charge in [0.2, 0.25) is 17.7 Å². The highest BCUT2D eigenvalue weighted by atomic mass is 16.4. The largest absolute Gasteiger partial charge is 0.481 e. The minimum absolute atomic E-state index is 0.0454. The molecule has 0 aromatic rings. The maximum absolute atomic E-state index is 13.2. The minimum Gasteiger partial charge on any atom is -0.481 e. The van der Waals surface area contributed by atoms with Gasteiger partial charge in [0.05, 0.1) is 12.1 Å². The second-order valence-electron chi connectivity index (χ2n) is 7.98. The SMILES string of the molecule is C[C@@H](O)[C@H](NC(=O)[C@@H]1CCCN1C(=O)[C@@H]1CCCN1C(=O)[C@@H](N)CCC(=O)O)C(=O)O. The first kappa shape index (κ1) is 24.5. The van der Waals surface area contributed by atoms with Crippen LogP contribution >= 0.6 is 0 Å². The van der Waals surface area contributed by atoms with E-state index in [2.05, 4.69) is 5.32 Å². The highest BCUT2D eigenvalue weighted by molar-refractivity contribution is 5.95. The third-order valence-corrected chi connectivity index (χ3v) is 5.69. The van der Waals surface area contributed by atoms with E-state index in [0.717, 1.165) is 0 Å². The molecule has 2 rings (SSSR count). The Labute approximate surface area is 179 Å². The monoisotopic (exact) mass is 442 g/mol. The van der Waals surface area contributed by atoms with Crippen molar-refractivity contribution in [1.29, 1.82) is 0 Å². The summed E-state index contributed by atoms with van der Waals surface area (Å²) < 4.78 is 0. The van der Waals surface area contributed by atoms with Crippen LogP contribution in [0.25, 0.3) is 0 Å². The number of nitrogens with one attached hydrogen (secondary N) is 1. The van der Waals surface area contributed by atoms with Crippen LogP contribution in [0, 0.1) is 0 Å². The van der Waals surface area contributed by atoms with Crippen molar-refractivity contribution in [3.05, 3.63) is 0 Å². The van der Waals surface area contributed by atoms with Crippen molar-refractivity contribution in [2.75, 3.05) is 13.1 Å². The quantitative estimate of drug-likeness (QED) is 0.272. The summed E-state index contributed by atoms with van der Waals surface area (Å²) in [5.74, 6) is -4.05. The molecule has 2 saturated heterocycles. The summed E-state index contributed by atoms with van der Waals surface area (Å²) in [4.78, 5) is 63.1. The Morgan fingerprint density at radius 2 is 1.61 bits per heavy atom. The lowest BCUT2D eigenvalue weighted by Gasteiger charge is -2.32. The normalized spacial score (nSPS) is 23.8. The van der Waals surface area contributed by atoms with E-state index in [9.17, 15) is 29.1 Å². The van der Waals surface area contributed by atoms with Gasteiger partial charge in [-0.05, 0) is 39.0 Å². The van der Waals surface area contributed by atoms with Gasteiger partial charge in [0, 0.05) is 19.5 Å². The van der Waals surface area contributed by atoms with Crippen LogP contribution in [0.2, 0.25) is 0 Å². The molecular weight excluding hydrogens is 412 g/mol. The van der Waals surface area contributed by atoms with Gasteiger partial charge in [0.15, 0.2) is 6.04 Å². The predicted octanol–water partition coefficient (Wildman–Crippen LogP) is -1.89. The molecule has 0 unspecified atom stereocenters. The predicted molar refractivity (Wildman–Crippen MR) is 106 cm³/mol. The summed E-state index contributed by atoms with van der Waals surface area (Å²) in [5, 5.41) is 29.8. The number of hydrogen-bond acceptors (Lipinski definition) is 7. The van der Waals surface area contributed by atoms with E-state index in [-0.39, 0.29) is 19.4 Å². The average Bonchev–Trinajstić information content (AvgIpc) is 3.37. The number of amides is 3. The number of carbonyl (C=O) groups excluding carboxylic acids is 3. The maximum Gasteiger partial charge on any atom is 0.328 e. The van der Waals surface area contributed by atoms with E-state index >= 15 is 0 Å². The molecular formula is C19H30N4O8. The molecule has 5 atom stereocenters. The van der Waals surface area contributed by atoms with Gasteiger partial charge in [-0.15, -0.1) is 0 Å². The highest BCUT2D eigenvalue weighted by Crippen LogP contribution is 2.26. The Balaban J connectivity index is 2.07. The molecule has 12 nitrogen and oxygen atoms in total. The van der Waals surface area contributed by atoms with E-state index in [4.69, 9.17) is 15.9 Å². The molecule has 0 radical (unpaired) electrons. The van der Waals surface area contributed by atoms with Crippen LogP contribution in [0.1, 0.15) is 45.4 Å². The first-order valence-electron chi connectivity index (χ1n) is 10.3. The van der Waals surface area contributed by atoms with Gasteiger partial charge in [-0.25, -0.2) is 4.79 Å². The zero-order chi connectivity index (χ0) is 23.3. The van der Waals surface area contributed by atoms with Crippen molar-refractivity contribution in [3.63, 3.8) is 0 Å². The molecule has 31 heavy (non-hydrogen) atoms. The molecule has 2 heterocycles. The number of nitrogens with zero attached hydrogens (tertiary/aromatic N) is 2. The molecule has 2 fully saturated rings. The topological polar surface area (TPSA) is 191 Å². The summed E-state index contributed by atoms with van der Waals surface area (Å²) in [6.45, 7) is 1.84. The lowest BCUT2D eigenvalue weighted by Crippen LogP contribution is -2.57. The molecule has 6 N–H and O–H groups in total. The lowest BCUT2D eigenvalue weighted by atomic mass is 10.1. The van der Waals surface area contributed by atoms with E-state index in [1.807, 2.05) is 0 Å². The molecule has 2 aliphatic rings. The minimum atomic E-state index is -1.50. The fraction of sp³-hybridized carbons (Fsp3) is 0.737. The van der Waals surface area contributed by atoms with Crippen molar-refractivity contribution in [1.82, 2.24) is 15.1 Å². The van der Waals surface area contributed by atoms with Crippen molar-refractivity contribution in [2.24, 2.45) is 5.73 Å². The van der Waals surface area contributed by atoms with Crippen molar-refractivity contribution < 1.29 is 39.3 Å². The van der Waals surface area contributed by atoms with Crippen LogP contribution in [-0.4, -0.2) is 98.1 Å². The van der Waals surface area contributed by atoms with Crippen LogP contribution in [0.3, 0.4) is 0 Å².